The van der Waals surface area contributed by atoms with Crippen molar-refractivity contribution in [2.45, 2.75) is 32.6 Å². The number of aliphatic carboxylic acids is 1. The summed E-state index contributed by atoms with van der Waals surface area (Å²) in [6.45, 7) is 4.13. The molecule has 134 valence electrons. The van der Waals surface area contributed by atoms with Crippen molar-refractivity contribution in [2.75, 3.05) is 19.7 Å². The minimum Gasteiger partial charge on any atom is -0.493 e. The van der Waals surface area contributed by atoms with Gasteiger partial charge in [-0.25, -0.2) is 0 Å². The van der Waals surface area contributed by atoms with Crippen molar-refractivity contribution in [3.05, 3.63) is 65.2 Å². The quantitative estimate of drug-likeness (QED) is 0.613. The van der Waals surface area contributed by atoms with Crippen molar-refractivity contribution in [3.8, 4) is 5.75 Å². The fourth-order valence-electron chi connectivity index (χ4n) is 2.53. The summed E-state index contributed by atoms with van der Waals surface area (Å²) in [5, 5.41) is 11.7. The number of carboxylic acids is 1. The maximum absolute atomic E-state index is 10.4. The van der Waals surface area contributed by atoms with E-state index in [0.717, 1.165) is 31.6 Å². The summed E-state index contributed by atoms with van der Waals surface area (Å²) >= 11 is 0. The van der Waals surface area contributed by atoms with Gasteiger partial charge in [0.2, 0.25) is 0 Å². The first-order valence-electron chi connectivity index (χ1n) is 8.83. The number of ether oxygens (including phenoxy) is 1. The minimum absolute atomic E-state index is 0.175. The molecule has 0 saturated carbocycles. The van der Waals surface area contributed by atoms with Crippen LogP contribution in [0.2, 0.25) is 0 Å². The molecule has 2 rings (SSSR count). The topological polar surface area (TPSA) is 58.6 Å². The number of hydrogen-bond acceptors (Lipinski definition) is 3. The zero-order valence-corrected chi connectivity index (χ0v) is 14.8. The molecule has 0 heterocycles. The summed E-state index contributed by atoms with van der Waals surface area (Å²) in [6, 6.07) is 16.8. The molecule has 4 heteroatoms. The smallest absolute Gasteiger partial charge is 0.304 e. The molecule has 25 heavy (non-hydrogen) atoms. The average molecular weight is 341 g/mol. The predicted octanol–water partition coefficient (Wildman–Crippen LogP) is 3.61. The van der Waals surface area contributed by atoms with Gasteiger partial charge in [-0.15, -0.1) is 0 Å². The lowest BCUT2D eigenvalue weighted by molar-refractivity contribution is -0.136. The SMILES string of the molecule is Cc1ccc(CCOc2ccc(CCCNCCC(=O)O)cc2)cc1. The van der Waals surface area contributed by atoms with Gasteiger partial charge in [-0.1, -0.05) is 42.0 Å². The van der Waals surface area contributed by atoms with Gasteiger partial charge in [-0.3, -0.25) is 4.79 Å². The van der Waals surface area contributed by atoms with Gasteiger partial charge in [0.1, 0.15) is 5.75 Å². The molecule has 0 spiro atoms. The van der Waals surface area contributed by atoms with Crippen molar-refractivity contribution >= 4 is 5.97 Å². The first-order chi connectivity index (χ1) is 12.1. The van der Waals surface area contributed by atoms with E-state index < -0.39 is 5.97 Å². The Balaban J connectivity index is 1.62. The standard InChI is InChI=1S/C21H27NO3/c1-17-4-6-19(7-5-17)13-16-25-20-10-8-18(9-11-20)3-2-14-22-15-12-21(23)24/h4-11,22H,2-3,12-16H2,1H3,(H,23,24). The highest BCUT2D eigenvalue weighted by Crippen LogP contribution is 2.14. The fraction of sp³-hybridized carbons (Fsp3) is 0.381. The molecule has 0 radical (unpaired) electrons. The summed E-state index contributed by atoms with van der Waals surface area (Å²) in [7, 11) is 0. The number of aryl methyl sites for hydroxylation is 2. The van der Waals surface area contributed by atoms with Crippen LogP contribution in [0.15, 0.2) is 48.5 Å². The van der Waals surface area contributed by atoms with Gasteiger partial charge < -0.3 is 15.2 Å². The molecule has 0 fully saturated rings. The first-order valence-corrected chi connectivity index (χ1v) is 8.83. The van der Waals surface area contributed by atoms with Crippen LogP contribution in [0.4, 0.5) is 0 Å². The van der Waals surface area contributed by atoms with Gasteiger partial charge in [0.05, 0.1) is 13.0 Å². The summed E-state index contributed by atoms with van der Waals surface area (Å²) in [4.78, 5) is 10.4. The van der Waals surface area contributed by atoms with Gasteiger partial charge in [0.25, 0.3) is 0 Å². The van der Waals surface area contributed by atoms with Gasteiger partial charge in [0, 0.05) is 13.0 Å². The molecule has 0 aliphatic heterocycles. The molecule has 0 aliphatic rings. The summed E-state index contributed by atoms with van der Waals surface area (Å²) in [5.74, 6) is 0.140. The molecule has 2 N–H and O–H groups in total. The van der Waals surface area contributed by atoms with E-state index in [1.807, 2.05) is 12.1 Å². The third kappa shape index (κ3) is 7.86. The van der Waals surface area contributed by atoms with Crippen LogP contribution < -0.4 is 10.1 Å². The molecule has 0 unspecified atom stereocenters. The summed E-state index contributed by atoms with van der Waals surface area (Å²) < 4.78 is 5.81. The molecule has 4 nitrogen and oxygen atoms in total. The Morgan fingerprint density at radius 3 is 2.28 bits per heavy atom. The highest BCUT2D eigenvalue weighted by Gasteiger charge is 1.99. The number of hydrogen-bond donors (Lipinski definition) is 2. The van der Waals surface area contributed by atoms with E-state index in [2.05, 4.69) is 48.6 Å². The van der Waals surface area contributed by atoms with Crippen molar-refractivity contribution in [1.82, 2.24) is 5.32 Å². The highest BCUT2D eigenvalue weighted by molar-refractivity contribution is 5.66. The van der Waals surface area contributed by atoms with Crippen LogP contribution in [0.3, 0.4) is 0 Å². The van der Waals surface area contributed by atoms with E-state index in [9.17, 15) is 4.79 Å². The van der Waals surface area contributed by atoms with E-state index >= 15 is 0 Å². The van der Waals surface area contributed by atoms with Gasteiger partial charge >= 0.3 is 5.97 Å². The number of nitrogens with one attached hydrogen (secondary N) is 1. The Morgan fingerprint density at radius 2 is 1.60 bits per heavy atom. The lowest BCUT2D eigenvalue weighted by atomic mass is 10.1. The van der Waals surface area contributed by atoms with E-state index in [1.165, 1.54) is 16.7 Å². The van der Waals surface area contributed by atoms with Gasteiger partial charge in [-0.2, -0.15) is 0 Å². The second-order valence-electron chi connectivity index (χ2n) is 6.23. The van der Waals surface area contributed by atoms with Crippen LogP contribution in [0.1, 0.15) is 29.5 Å². The Kier molecular flexibility index (Phi) is 7.99. The second-order valence-corrected chi connectivity index (χ2v) is 6.23. The van der Waals surface area contributed by atoms with E-state index in [-0.39, 0.29) is 6.42 Å². The number of rotatable bonds is 11. The molecule has 2 aromatic rings. The lowest BCUT2D eigenvalue weighted by Gasteiger charge is -2.08. The molecule has 0 bridgehead atoms. The monoisotopic (exact) mass is 341 g/mol. The zero-order chi connectivity index (χ0) is 17.9. The second kappa shape index (κ2) is 10.5. The maximum atomic E-state index is 10.4. The van der Waals surface area contributed by atoms with E-state index in [4.69, 9.17) is 9.84 Å². The summed E-state index contributed by atoms with van der Waals surface area (Å²) in [6.07, 6.45) is 3.05. The Hall–Kier alpha value is -2.33. The van der Waals surface area contributed by atoms with E-state index in [1.54, 1.807) is 0 Å². The average Bonchev–Trinajstić information content (AvgIpc) is 2.61. The minimum atomic E-state index is -0.759. The van der Waals surface area contributed by atoms with Crippen LogP contribution in [0, 0.1) is 6.92 Å². The van der Waals surface area contributed by atoms with Crippen LogP contribution in [0.5, 0.6) is 5.75 Å². The van der Waals surface area contributed by atoms with Crippen LogP contribution >= 0.6 is 0 Å². The molecular formula is C21H27NO3. The van der Waals surface area contributed by atoms with Crippen molar-refractivity contribution in [1.29, 1.82) is 0 Å². The third-order valence-electron chi connectivity index (χ3n) is 4.04. The summed E-state index contributed by atoms with van der Waals surface area (Å²) in [5.41, 5.74) is 3.83. The molecule has 0 aromatic heterocycles. The molecule has 0 amide bonds. The highest BCUT2D eigenvalue weighted by atomic mass is 16.5. The van der Waals surface area contributed by atoms with Gasteiger partial charge in [0.15, 0.2) is 0 Å². The van der Waals surface area contributed by atoms with Crippen LogP contribution in [-0.4, -0.2) is 30.8 Å². The van der Waals surface area contributed by atoms with Gasteiger partial charge in [-0.05, 0) is 49.6 Å². The number of benzene rings is 2. The van der Waals surface area contributed by atoms with E-state index in [0.29, 0.717) is 13.2 Å². The van der Waals surface area contributed by atoms with Crippen molar-refractivity contribution in [3.63, 3.8) is 0 Å². The zero-order valence-electron chi connectivity index (χ0n) is 14.8. The van der Waals surface area contributed by atoms with Crippen LogP contribution in [0.25, 0.3) is 0 Å². The molecular weight excluding hydrogens is 314 g/mol. The predicted molar refractivity (Wildman–Crippen MR) is 100 cm³/mol. The Morgan fingerprint density at radius 1 is 0.960 bits per heavy atom. The fourth-order valence-corrected chi connectivity index (χ4v) is 2.53. The molecule has 0 atom stereocenters. The number of carboxylic acid groups (broad SMARTS) is 1. The number of carbonyl (C=O) groups is 1. The van der Waals surface area contributed by atoms with Crippen molar-refractivity contribution in [2.24, 2.45) is 0 Å². The normalized spacial score (nSPS) is 10.6. The first kappa shape index (κ1) is 19.0. The Labute approximate surface area is 149 Å². The van der Waals surface area contributed by atoms with Crippen LogP contribution in [-0.2, 0) is 17.6 Å². The third-order valence-corrected chi connectivity index (χ3v) is 4.04. The Bertz CT molecular complexity index is 635. The largest absolute Gasteiger partial charge is 0.493 e. The lowest BCUT2D eigenvalue weighted by Crippen LogP contribution is -2.19. The van der Waals surface area contributed by atoms with Crippen molar-refractivity contribution < 1.29 is 14.6 Å². The molecule has 0 aliphatic carbocycles. The molecule has 0 saturated heterocycles. The maximum Gasteiger partial charge on any atom is 0.304 e. The molecule has 2 aromatic carbocycles.